The molecule has 2 N–H and O–H groups in total. The Bertz CT molecular complexity index is 212. The number of hydrogen-bond donors (Lipinski definition) is 2. The van der Waals surface area contributed by atoms with E-state index in [-0.39, 0.29) is 24.0 Å². The standard InChI is InChI=1S/C12H22O2/c1-9-5-6-10(2)12(4,8-14)11(9,3)7-13/h5-6,9-10,13-14H,7-8H2,1-4H3/t9-,10+,11-,12-/m1/s1. The molecule has 4 atom stereocenters. The molecule has 0 aliphatic heterocycles. The summed E-state index contributed by atoms with van der Waals surface area (Å²) in [5, 5.41) is 19.1. The average Bonchev–Trinajstić information content (AvgIpc) is 2.20. The minimum atomic E-state index is -0.226. The highest BCUT2D eigenvalue weighted by Crippen LogP contribution is 2.52. The second-order valence-electron chi connectivity index (χ2n) is 5.11. The van der Waals surface area contributed by atoms with Crippen molar-refractivity contribution in [2.45, 2.75) is 27.7 Å². The van der Waals surface area contributed by atoms with Gasteiger partial charge in [0.1, 0.15) is 0 Å². The molecule has 2 nitrogen and oxygen atoms in total. The van der Waals surface area contributed by atoms with Crippen molar-refractivity contribution in [2.24, 2.45) is 22.7 Å². The van der Waals surface area contributed by atoms with Gasteiger partial charge in [-0.3, -0.25) is 0 Å². The normalized spacial score (nSPS) is 48.1. The van der Waals surface area contributed by atoms with Gasteiger partial charge in [-0.15, -0.1) is 0 Å². The lowest BCUT2D eigenvalue weighted by Crippen LogP contribution is -2.52. The second kappa shape index (κ2) is 3.67. The number of hydrogen-bond acceptors (Lipinski definition) is 2. The van der Waals surface area contributed by atoms with Crippen molar-refractivity contribution < 1.29 is 10.2 Å². The van der Waals surface area contributed by atoms with Gasteiger partial charge >= 0.3 is 0 Å². The molecule has 14 heavy (non-hydrogen) atoms. The van der Waals surface area contributed by atoms with Crippen molar-refractivity contribution in [3.8, 4) is 0 Å². The third-order valence-electron chi connectivity index (χ3n) is 4.66. The molecule has 1 rings (SSSR count). The van der Waals surface area contributed by atoms with Gasteiger partial charge in [-0.1, -0.05) is 39.8 Å². The first-order chi connectivity index (χ1) is 6.42. The van der Waals surface area contributed by atoms with Crippen molar-refractivity contribution >= 4 is 0 Å². The molecule has 0 radical (unpaired) electrons. The van der Waals surface area contributed by atoms with Crippen molar-refractivity contribution in [3.05, 3.63) is 12.2 Å². The summed E-state index contributed by atoms with van der Waals surface area (Å²) in [7, 11) is 0. The fourth-order valence-electron chi connectivity index (χ4n) is 2.45. The maximum absolute atomic E-state index is 9.56. The minimum Gasteiger partial charge on any atom is -0.396 e. The van der Waals surface area contributed by atoms with Gasteiger partial charge in [0.2, 0.25) is 0 Å². The van der Waals surface area contributed by atoms with Crippen LogP contribution in [0.3, 0.4) is 0 Å². The van der Waals surface area contributed by atoms with E-state index < -0.39 is 0 Å². The molecule has 0 aromatic carbocycles. The molecule has 82 valence electrons. The summed E-state index contributed by atoms with van der Waals surface area (Å²) < 4.78 is 0. The highest BCUT2D eigenvalue weighted by atomic mass is 16.3. The lowest BCUT2D eigenvalue weighted by Gasteiger charge is -2.53. The summed E-state index contributed by atoms with van der Waals surface area (Å²) in [4.78, 5) is 0. The average molecular weight is 198 g/mol. The van der Waals surface area contributed by atoms with Gasteiger partial charge in [0.15, 0.2) is 0 Å². The van der Waals surface area contributed by atoms with Crippen LogP contribution in [0.2, 0.25) is 0 Å². The lowest BCUT2D eigenvalue weighted by atomic mass is 9.53. The second-order valence-corrected chi connectivity index (χ2v) is 5.11. The molecule has 0 bridgehead atoms. The molecular formula is C12H22O2. The SMILES string of the molecule is C[C@@H]1C=C[C@H](C)[C@@](C)(CO)[C@]1(C)CO. The summed E-state index contributed by atoms with van der Waals surface area (Å²) >= 11 is 0. The third-order valence-corrected chi connectivity index (χ3v) is 4.66. The number of aliphatic hydroxyl groups excluding tert-OH is 2. The van der Waals surface area contributed by atoms with Crippen LogP contribution in [0.1, 0.15) is 27.7 Å². The first-order valence-corrected chi connectivity index (χ1v) is 5.32. The van der Waals surface area contributed by atoms with Crippen molar-refractivity contribution in [2.75, 3.05) is 13.2 Å². The van der Waals surface area contributed by atoms with Crippen LogP contribution in [-0.4, -0.2) is 23.4 Å². The first kappa shape index (κ1) is 11.7. The van der Waals surface area contributed by atoms with Crippen LogP contribution in [0.15, 0.2) is 12.2 Å². The molecule has 0 saturated carbocycles. The Morgan fingerprint density at radius 1 is 0.929 bits per heavy atom. The Hall–Kier alpha value is -0.340. The smallest absolute Gasteiger partial charge is 0.0496 e. The third kappa shape index (κ3) is 1.32. The van der Waals surface area contributed by atoms with E-state index in [0.717, 1.165) is 0 Å². The Kier molecular flexibility index (Phi) is 3.07. The largest absolute Gasteiger partial charge is 0.396 e. The molecule has 0 fully saturated rings. The molecule has 0 heterocycles. The van der Waals surface area contributed by atoms with Crippen LogP contribution in [-0.2, 0) is 0 Å². The fraction of sp³-hybridized carbons (Fsp3) is 0.833. The van der Waals surface area contributed by atoms with Gasteiger partial charge in [-0.2, -0.15) is 0 Å². The van der Waals surface area contributed by atoms with E-state index in [9.17, 15) is 10.2 Å². The number of allylic oxidation sites excluding steroid dienone is 2. The summed E-state index contributed by atoms with van der Waals surface area (Å²) in [6, 6.07) is 0. The molecule has 0 spiro atoms. The van der Waals surface area contributed by atoms with Crippen LogP contribution >= 0.6 is 0 Å². The van der Waals surface area contributed by atoms with E-state index in [1.165, 1.54) is 0 Å². The Balaban J connectivity index is 3.16. The Labute approximate surface area is 86.6 Å². The van der Waals surface area contributed by atoms with E-state index in [4.69, 9.17) is 0 Å². The molecule has 2 heteroatoms. The summed E-state index contributed by atoms with van der Waals surface area (Å²) in [6.45, 7) is 8.58. The van der Waals surface area contributed by atoms with E-state index >= 15 is 0 Å². The highest BCUT2D eigenvalue weighted by molar-refractivity contribution is 5.13. The number of rotatable bonds is 2. The topological polar surface area (TPSA) is 40.5 Å². The fourth-order valence-corrected chi connectivity index (χ4v) is 2.45. The van der Waals surface area contributed by atoms with Crippen LogP contribution in [0.5, 0.6) is 0 Å². The molecule has 0 unspecified atom stereocenters. The van der Waals surface area contributed by atoms with Crippen LogP contribution in [0.25, 0.3) is 0 Å². The van der Waals surface area contributed by atoms with Gasteiger partial charge in [0.05, 0.1) is 0 Å². The highest BCUT2D eigenvalue weighted by Gasteiger charge is 2.51. The summed E-state index contributed by atoms with van der Waals surface area (Å²) in [6.07, 6.45) is 4.30. The summed E-state index contributed by atoms with van der Waals surface area (Å²) in [5.41, 5.74) is -0.453. The molecule has 0 saturated heterocycles. The molecular weight excluding hydrogens is 176 g/mol. The van der Waals surface area contributed by atoms with Crippen LogP contribution < -0.4 is 0 Å². The van der Waals surface area contributed by atoms with Gasteiger partial charge in [-0.05, 0) is 11.8 Å². The van der Waals surface area contributed by atoms with Crippen LogP contribution in [0, 0.1) is 22.7 Å². The van der Waals surface area contributed by atoms with Gasteiger partial charge in [0.25, 0.3) is 0 Å². The monoisotopic (exact) mass is 198 g/mol. The predicted octanol–water partition coefficient (Wildman–Crippen LogP) is 1.83. The molecule has 0 amide bonds. The van der Waals surface area contributed by atoms with E-state index in [1.807, 2.05) is 0 Å². The molecule has 0 aromatic rings. The zero-order valence-electron chi connectivity index (χ0n) is 9.62. The van der Waals surface area contributed by atoms with Crippen molar-refractivity contribution in [1.82, 2.24) is 0 Å². The van der Waals surface area contributed by atoms with Crippen LogP contribution in [0.4, 0.5) is 0 Å². The van der Waals surface area contributed by atoms with E-state index in [1.54, 1.807) is 0 Å². The Morgan fingerprint density at radius 3 is 1.43 bits per heavy atom. The maximum Gasteiger partial charge on any atom is 0.0496 e. The van der Waals surface area contributed by atoms with E-state index in [0.29, 0.717) is 11.8 Å². The van der Waals surface area contributed by atoms with E-state index in [2.05, 4.69) is 39.8 Å². The summed E-state index contributed by atoms with van der Waals surface area (Å²) in [5.74, 6) is 0.613. The number of aliphatic hydroxyl groups is 2. The van der Waals surface area contributed by atoms with Gasteiger partial charge < -0.3 is 10.2 Å². The zero-order valence-corrected chi connectivity index (χ0v) is 9.62. The first-order valence-electron chi connectivity index (χ1n) is 5.32. The van der Waals surface area contributed by atoms with Crippen molar-refractivity contribution in [1.29, 1.82) is 0 Å². The molecule has 1 aliphatic rings. The quantitative estimate of drug-likeness (QED) is 0.664. The maximum atomic E-state index is 9.56. The molecule has 0 aromatic heterocycles. The van der Waals surface area contributed by atoms with Gasteiger partial charge in [-0.25, -0.2) is 0 Å². The minimum absolute atomic E-state index is 0.125. The Morgan fingerprint density at radius 2 is 1.21 bits per heavy atom. The van der Waals surface area contributed by atoms with Crippen molar-refractivity contribution in [3.63, 3.8) is 0 Å². The predicted molar refractivity (Wildman–Crippen MR) is 57.9 cm³/mol. The zero-order chi connectivity index (χ0) is 11.0. The van der Waals surface area contributed by atoms with Gasteiger partial charge in [0, 0.05) is 24.0 Å². The molecule has 1 aliphatic carbocycles. The lowest BCUT2D eigenvalue weighted by molar-refractivity contribution is -0.0854.